The van der Waals surface area contributed by atoms with E-state index in [-0.39, 0.29) is 0 Å². The number of nitrogens with zero attached hydrogens (tertiary/aromatic N) is 2. The Kier molecular flexibility index (Phi) is 7.17. The van der Waals surface area contributed by atoms with Crippen molar-refractivity contribution < 1.29 is 0 Å². The summed E-state index contributed by atoms with van der Waals surface area (Å²) in [4.78, 5) is 5.58. The highest BCUT2D eigenvalue weighted by atomic mass is 15.2. The molecule has 1 aromatic rings. The van der Waals surface area contributed by atoms with Crippen molar-refractivity contribution in [3.8, 4) is 0 Å². The number of piperidine rings is 2. The van der Waals surface area contributed by atoms with Gasteiger partial charge in [-0.2, -0.15) is 0 Å². The van der Waals surface area contributed by atoms with E-state index in [1.165, 1.54) is 76.8 Å². The maximum atomic E-state index is 2.81. The summed E-state index contributed by atoms with van der Waals surface area (Å²) in [6.07, 6.45) is 8.26. The molecule has 0 spiro atoms. The van der Waals surface area contributed by atoms with Crippen LogP contribution in [0.5, 0.6) is 0 Å². The molecule has 2 heteroatoms. The molecule has 3 rings (SSSR count). The van der Waals surface area contributed by atoms with Gasteiger partial charge in [-0.1, -0.05) is 70.4 Å². The van der Waals surface area contributed by atoms with E-state index in [1.807, 2.05) is 0 Å². The maximum Gasteiger partial charge on any atom is 0.0233 e. The van der Waals surface area contributed by atoms with Gasteiger partial charge in [0.1, 0.15) is 0 Å². The highest BCUT2D eigenvalue weighted by Crippen LogP contribution is 2.51. The van der Waals surface area contributed by atoms with Crippen LogP contribution >= 0.6 is 0 Å². The van der Waals surface area contributed by atoms with E-state index in [0.29, 0.717) is 5.41 Å². The van der Waals surface area contributed by atoms with Gasteiger partial charge in [0.25, 0.3) is 0 Å². The van der Waals surface area contributed by atoms with Crippen molar-refractivity contribution in [2.24, 2.45) is 17.3 Å². The molecule has 0 amide bonds. The quantitative estimate of drug-likeness (QED) is 0.581. The van der Waals surface area contributed by atoms with Crippen LogP contribution in [0.15, 0.2) is 30.3 Å². The zero-order chi connectivity index (χ0) is 18.4. The smallest absolute Gasteiger partial charge is 0.0233 e. The van der Waals surface area contributed by atoms with Gasteiger partial charge in [0.05, 0.1) is 0 Å². The average molecular weight is 357 g/mol. The van der Waals surface area contributed by atoms with E-state index in [0.717, 1.165) is 18.4 Å². The number of rotatable bonds is 9. The van der Waals surface area contributed by atoms with Gasteiger partial charge in [0.2, 0.25) is 0 Å². The summed E-state index contributed by atoms with van der Waals surface area (Å²) in [6.45, 7) is 14.8. The molecule has 2 nitrogen and oxygen atoms in total. The van der Waals surface area contributed by atoms with Crippen LogP contribution < -0.4 is 0 Å². The molecule has 2 saturated heterocycles. The van der Waals surface area contributed by atoms with Gasteiger partial charge in [-0.15, -0.1) is 0 Å². The molecule has 0 N–H and O–H groups in total. The summed E-state index contributed by atoms with van der Waals surface area (Å²) in [5.74, 6) is 1.71. The lowest BCUT2D eigenvalue weighted by Crippen LogP contribution is -2.63. The van der Waals surface area contributed by atoms with E-state index in [1.54, 1.807) is 0 Å². The Balaban J connectivity index is 1.76. The summed E-state index contributed by atoms with van der Waals surface area (Å²) >= 11 is 0. The fraction of sp³-hybridized carbons (Fsp3) is 0.750. The number of likely N-dealkylation sites (tertiary alicyclic amines) is 2. The Labute approximate surface area is 162 Å². The van der Waals surface area contributed by atoms with Crippen molar-refractivity contribution in [3.05, 3.63) is 35.9 Å². The van der Waals surface area contributed by atoms with Crippen LogP contribution in [0.4, 0.5) is 0 Å². The lowest BCUT2D eigenvalue weighted by Gasteiger charge is -2.59. The zero-order valence-corrected chi connectivity index (χ0v) is 17.4. The van der Waals surface area contributed by atoms with E-state index < -0.39 is 0 Å². The first-order chi connectivity index (χ1) is 12.7. The number of hydrogen-bond donors (Lipinski definition) is 0. The molecule has 2 bridgehead atoms. The third-order valence-electron chi connectivity index (χ3n) is 7.05. The largest absolute Gasteiger partial charge is 0.303 e. The van der Waals surface area contributed by atoms with Crippen molar-refractivity contribution in [2.75, 3.05) is 32.7 Å². The highest BCUT2D eigenvalue weighted by Gasteiger charge is 2.51. The fourth-order valence-corrected chi connectivity index (χ4v) is 5.98. The van der Waals surface area contributed by atoms with E-state index in [4.69, 9.17) is 0 Å². The summed E-state index contributed by atoms with van der Waals surface area (Å²) in [6, 6.07) is 11.1. The van der Waals surface area contributed by atoms with Gasteiger partial charge < -0.3 is 4.90 Å². The lowest BCUT2D eigenvalue weighted by atomic mass is 9.57. The normalized spacial score (nSPS) is 26.1. The van der Waals surface area contributed by atoms with E-state index in [9.17, 15) is 0 Å². The molecular formula is C24H40N2. The Hall–Kier alpha value is -0.860. The Bertz CT molecular complexity index is 502. The van der Waals surface area contributed by atoms with Crippen LogP contribution in [-0.4, -0.2) is 42.5 Å². The van der Waals surface area contributed by atoms with Crippen LogP contribution in [0.1, 0.15) is 64.9 Å². The minimum atomic E-state index is 0.611. The molecule has 0 radical (unpaired) electrons. The second kappa shape index (κ2) is 9.37. The van der Waals surface area contributed by atoms with Gasteiger partial charge in [-0.05, 0) is 48.6 Å². The van der Waals surface area contributed by atoms with E-state index in [2.05, 4.69) is 60.9 Å². The molecule has 2 aliphatic heterocycles. The first-order valence-electron chi connectivity index (χ1n) is 11.2. The van der Waals surface area contributed by atoms with Crippen molar-refractivity contribution >= 4 is 0 Å². The van der Waals surface area contributed by atoms with Gasteiger partial charge >= 0.3 is 0 Å². The van der Waals surface area contributed by atoms with Gasteiger partial charge in [0.15, 0.2) is 0 Å². The monoisotopic (exact) mass is 356 g/mol. The average Bonchev–Trinajstić information content (AvgIpc) is 2.62. The summed E-state index contributed by atoms with van der Waals surface area (Å²) in [5, 5.41) is 0. The minimum Gasteiger partial charge on any atom is -0.303 e. The fourth-order valence-electron chi connectivity index (χ4n) is 5.98. The van der Waals surface area contributed by atoms with Gasteiger partial charge in [0, 0.05) is 32.7 Å². The molecule has 1 aromatic carbocycles. The number of hydrogen-bond acceptors (Lipinski definition) is 2. The van der Waals surface area contributed by atoms with Crippen LogP contribution in [0.2, 0.25) is 0 Å². The Morgan fingerprint density at radius 3 is 1.92 bits per heavy atom. The van der Waals surface area contributed by atoms with Crippen LogP contribution in [-0.2, 0) is 6.54 Å². The van der Waals surface area contributed by atoms with Crippen molar-refractivity contribution in [1.82, 2.24) is 9.80 Å². The van der Waals surface area contributed by atoms with E-state index >= 15 is 0 Å². The first-order valence-corrected chi connectivity index (χ1v) is 11.2. The SMILES string of the molecule is CCCCN1CC2CN(Cc3ccccc3)CC(C1)C2(CCC)CCC. The predicted octanol–water partition coefficient (Wildman–Crippen LogP) is 5.44. The predicted molar refractivity (Wildman–Crippen MR) is 112 cm³/mol. The molecule has 2 aliphatic rings. The summed E-state index contributed by atoms with van der Waals surface area (Å²) < 4.78 is 0. The maximum absolute atomic E-state index is 2.81. The third-order valence-corrected chi connectivity index (χ3v) is 7.05. The lowest BCUT2D eigenvalue weighted by molar-refractivity contribution is -0.104. The zero-order valence-electron chi connectivity index (χ0n) is 17.4. The summed E-state index contributed by atoms with van der Waals surface area (Å²) in [7, 11) is 0. The second-order valence-electron chi connectivity index (χ2n) is 8.92. The molecule has 2 atom stereocenters. The summed E-state index contributed by atoms with van der Waals surface area (Å²) in [5.41, 5.74) is 2.09. The standard InChI is InChI=1S/C24H40N2/c1-4-7-15-25-17-22-19-26(16-21-11-9-8-10-12-21)20-23(18-25)24(22,13-5-2)14-6-3/h8-12,22-23H,4-7,13-20H2,1-3H3. The molecule has 0 aromatic heterocycles. The number of fused-ring (bicyclic) bond motifs is 2. The number of unbranched alkanes of at least 4 members (excludes halogenated alkanes) is 1. The molecule has 0 aliphatic carbocycles. The molecule has 146 valence electrons. The second-order valence-corrected chi connectivity index (χ2v) is 8.92. The molecule has 0 saturated carbocycles. The minimum absolute atomic E-state index is 0.611. The van der Waals surface area contributed by atoms with Crippen molar-refractivity contribution in [1.29, 1.82) is 0 Å². The molecule has 26 heavy (non-hydrogen) atoms. The van der Waals surface area contributed by atoms with Gasteiger partial charge in [-0.25, -0.2) is 0 Å². The van der Waals surface area contributed by atoms with Gasteiger partial charge in [-0.3, -0.25) is 4.90 Å². The topological polar surface area (TPSA) is 6.48 Å². The van der Waals surface area contributed by atoms with Crippen molar-refractivity contribution in [2.45, 2.75) is 65.8 Å². The first kappa shape index (κ1) is 19.9. The van der Waals surface area contributed by atoms with Crippen LogP contribution in [0.3, 0.4) is 0 Å². The molecule has 2 fully saturated rings. The van der Waals surface area contributed by atoms with Crippen LogP contribution in [0.25, 0.3) is 0 Å². The third kappa shape index (κ3) is 4.34. The number of benzene rings is 1. The highest BCUT2D eigenvalue weighted by molar-refractivity contribution is 5.15. The molecular weight excluding hydrogens is 316 g/mol. The molecule has 2 unspecified atom stereocenters. The Morgan fingerprint density at radius 1 is 0.808 bits per heavy atom. The van der Waals surface area contributed by atoms with Crippen molar-refractivity contribution in [3.63, 3.8) is 0 Å². The Morgan fingerprint density at radius 2 is 1.38 bits per heavy atom. The van der Waals surface area contributed by atoms with Crippen LogP contribution in [0, 0.1) is 17.3 Å². The molecule has 2 heterocycles.